The Balaban J connectivity index is 1.52. The Labute approximate surface area is 186 Å². The number of ether oxygens (including phenoxy) is 2. The highest BCUT2D eigenvalue weighted by molar-refractivity contribution is 5.79. The van der Waals surface area contributed by atoms with E-state index in [4.69, 9.17) is 9.47 Å². The molecule has 1 heterocycles. The number of aliphatic imine (C=N–C) groups is 1. The zero-order chi connectivity index (χ0) is 21.9. The van der Waals surface area contributed by atoms with Crippen LogP contribution < -0.4 is 20.7 Å². The lowest BCUT2D eigenvalue weighted by molar-refractivity contribution is 0.0355. The molecule has 1 aliphatic rings. The van der Waals surface area contributed by atoms with E-state index in [2.05, 4.69) is 70.3 Å². The van der Waals surface area contributed by atoms with Crippen molar-refractivity contribution < 1.29 is 9.47 Å². The van der Waals surface area contributed by atoms with Crippen molar-refractivity contribution in [1.29, 1.82) is 0 Å². The maximum atomic E-state index is 5.65. The van der Waals surface area contributed by atoms with Gasteiger partial charge in [-0.3, -0.25) is 4.99 Å². The van der Waals surface area contributed by atoms with E-state index >= 15 is 0 Å². The van der Waals surface area contributed by atoms with Gasteiger partial charge in [-0.05, 0) is 49.4 Å². The number of nitrogens with one attached hydrogen (secondary N) is 3. The molecule has 1 fully saturated rings. The molecule has 31 heavy (non-hydrogen) atoms. The molecule has 168 valence electrons. The van der Waals surface area contributed by atoms with Gasteiger partial charge >= 0.3 is 0 Å². The summed E-state index contributed by atoms with van der Waals surface area (Å²) in [6.45, 7) is 5.40. The highest BCUT2D eigenvalue weighted by Gasteiger charge is 2.34. The van der Waals surface area contributed by atoms with Gasteiger partial charge in [-0.25, -0.2) is 0 Å². The molecule has 0 bridgehead atoms. The topological polar surface area (TPSA) is 66.9 Å². The molecule has 1 saturated heterocycles. The van der Waals surface area contributed by atoms with Gasteiger partial charge in [-0.15, -0.1) is 0 Å². The van der Waals surface area contributed by atoms with E-state index in [-0.39, 0.29) is 11.6 Å². The van der Waals surface area contributed by atoms with Crippen molar-refractivity contribution in [2.24, 2.45) is 4.99 Å². The molecule has 2 aromatic carbocycles. The second-order valence-electron chi connectivity index (χ2n) is 8.12. The number of methoxy groups -OCH3 is 1. The number of nitrogens with zero attached hydrogens (tertiary/aromatic N) is 1. The van der Waals surface area contributed by atoms with E-state index in [9.17, 15) is 0 Å². The van der Waals surface area contributed by atoms with Crippen molar-refractivity contribution in [3.8, 4) is 5.75 Å². The Morgan fingerprint density at radius 2 is 1.77 bits per heavy atom. The van der Waals surface area contributed by atoms with Crippen LogP contribution in [0.1, 0.15) is 36.9 Å². The van der Waals surface area contributed by atoms with Crippen molar-refractivity contribution in [2.75, 3.05) is 40.5 Å². The molecule has 3 N–H and O–H groups in total. The van der Waals surface area contributed by atoms with E-state index in [0.29, 0.717) is 0 Å². The molecular weight excluding hydrogens is 388 g/mol. The van der Waals surface area contributed by atoms with Crippen LogP contribution >= 0.6 is 0 Å². The van der Waals surface area contributed by atoms with Crippen molar-refractivity contribution in [3.05, 3.63) is 65.7 Å². The third-order valence-corrected chi connectivity index (χ3v) is 5.96. The Hall–Kier alpha value is -2.57. The molecule has 0 radical (unpaired) electrons. The minimum atomic E-state index is -0.0267. The quantitative estimate of drug-likeness (QED) is 0.426. The first kappa shape index (κ1) is 23.1. The SMILES string of the molecule is CN=C(NCCc1ccc(OC)cc1)NCC1(NC(C)c2ccccc2)CCOCC1. The van der Waals surface area contributed by atoms with E-state index in [0.717, 1.165) is 57.3 Å². The van der Waals surface area contributed by atoms with Crippen LogP contribution in [0.5, 0.6) is 5.75 Å². The fourth-order valence-electron chi connectivity index (χ4n) is 4.01. The van der Waals surface area contributed by atoms with Crippen LogP contribution in [0.4, 0.5) is 0 Å². The van der Waals surface area contributed by atoms with Crippen LogP contribution in [0.25, 0.3) is 0 Å². The number of hydrogen-bond acceptors (Lipinski definition) is 4. The van der Waals surface area contributed by atoms with Gasteiger partial charge < -0.3 is 25.4 Å². The standard InChI is InChI=1S/C25H36N4O2/c1-20(22-7-5-4-6-8-22)29-25(14-17-31-18-15-25)19-28-24(26-2)27-16-13-21-9-11-23(30-3)12-10-21/h4-12,20,29H,13-19H2,1-3H3,(H2,26,27,28). The average molecular weight is 425 g/mol. The van der Waals surface area contributed by atoms with E-state index in [1.54, 1.807) is 7.11 Å². The summed E-state index contributed by atoms with van der Waals surface area (Å²) in [5.41, 5.74) is 2.54. The molecule has 0 aromatic heterocycles. The minimum absolute atomic E-state index is 0.0267. The summed E-state index contributed by atoms with van der Waals surface area (Å²) in [5.74, 6) is 1.71. The molecule has 1 aliphatic heterocycles. The number of rotatable bonds is 9. The first-order valence-electron chi connectivity index (χ1n) is 11.1. The molecule has 3 rings (SSSR count). The van der Waals surface area contributed by atoms with Crippen molar-refractivity contribution >= 4 is 5.96 Å². The fraction of sp³-hybridized carbons (Fsp3) is 0.480. The van der Waals surface area contributed by atoms with Crippen LogP contribution in [0, 0.1) is 0 Å². The summed E-state index contributed by atoms with van der Waals surface area (Å²) < 4.78 is 10.9. The maximum Gasteiger partial charge on any atom is 0.191 e. The van der Waals surface area contributed by atoms with Crippen LogP contribution in [0.15, 0.2) is 59.6 Å². The first-order valence-corrected chi connectivity index (χ1v) is 11.1. The largest absolute Gasteiger partial charge is 0.497 e. The zero-order valence-corrected chi connectivity index (χ0v) is 19.0. The molecule has 6 heteroatoms. The molecule has 0 spiro atoms. The molecule has 2 aromatic rings. The van der Waals surface area contributed by atoms with E-state index < -0.39 is 0 Å². The average Bonchev–Trinajstić information content (AvgIpc) is 2.83. The minimum Gasteiger partial charge on any atom is -0.497 e. The summed E-state index contributed by atoms with van der Waals surface area (Å²) >= 11 is 0. The Morgan fingerprint density at radius 1 is 1.06 bits per heavy atom. The Kier molecular flexibility index (Phi) is 8.74. The molecule has 0 aliphatic carbocycles. The normalized spacial score (nSPS) is 17.1. The smallest absolute Gasteiger partial charge is 0.191 e. The van der Waals surface area contributed by atoms with Crippen molar-refractivity contribution in [2.45, 2.75) is 37.8 Å². The number of hydrogen-bond donors (Lipinski definition) is 3. The van der Waals surface area contributed by atoms with E-state index in [1.807, 2.05) is 19.2 Å². The third-order valence-electron chi connectivity index (χ3n) is 5.96. The van der Waals surface area contributed by atoms with Gasteiger partial charge in [0.25, 0.3) is 0 Å². The van der Waals surface area contributed by atoms with Crippen LogP contribution in [-0.2, 0) is 11.2 Å². The zero-order valence-electron chi connectivity index (χ0n) is 19.0. The van der Waals surface area contributed by atoms with Gasteiger partial charge in [0.15, 0.2) is 5.96 Å². The van der Waals surface area contributed by atoms with Gasteiger partial charge in [0.1, 0.15) is 5.75 Å². The molecule has 1 unspecified atom stereocenters. The summed E-state index contributed by atoms with van der Waals surface area (Å²) in [6, 6.07) is 19.1. The summed E-state index contributed by atoms with van der Waals surface area (Å²) in [4.78, 5) is 4.41. The fourth-order valence-corrected chi connectivity index (χ4v) is 4.01. The lowest BCUT2D eigenvalue weighted by Crippen LogP contribution is -2.58. The summed E-state index contributed by atoms with van der Waals surface area (Å²) in [5, 5.41) is 10.9. The highest BCUT2D eigenvalue weighted by atomic mass is 16.5. The van der Waals surface area contributed by atoms with Gasteiger partial charge in [0.2, 0.25) is 0 Å². The molecule has 1 atom stereocenters. The lowest BCUT2D eigenvalue weighted by Gasteiger charge is -2.41. The number of benzene rings is 2. The van der Waals surface area contributed by atoms with E-state index in [1.165, 1.54) is 11.1 Å². The lowest BCUT2D eigenvalue weighted by atomic mass is 9.88. The predicted molar refractivity (Wildman–Crippen MR) is 127 cm³/mol. The van der Waals surface area contributed by atoms with Gasteiger partial charge in [-0.2, -0.15) is 0 Å². The molecular formula is C25H36N4O2. The molecule has 6 nitrogen and oxygen atoms in total. The second-order valence-corrected chi connectivity index (χ2v) is 8.12. The van der Waals surface area contributed by atoms with Crippen molar-refractivity contribution in [3.63, 3.8) is 0 Å². The molecule has 0 saturated carbocycles. The van der Waals surface area contributed by atoms with Crippen LogP contribution in [0.3, 0.4) is 0 Å². The monoisotopic (exact) mass is 424 g/mol. The maximum absolute atomic E-state index is 5.65. The Morgan fingerprint density at radius 3 is 2.42 bits per heavy atom. The van der Waals surface area contributed by atoms with Crippen LogP contribution in [-0.4, -0.2) is 52.0 Å². The molecule has 0 amide bonds. The highest BCUT2D eigenvalue weighted by Crippen LogP contribution is 2.25. The summed E-state index contributed by atoms with van der Waals surface area (Å²) in [7, 11) is 3.51. The van der Waals surface area contributed by atoms with Crippen LogP contribution in [0.2, 0.25) is 0 Å². The van der Waals surface area contributed by atoms with Crippen molar-refractivity contribution in [1.82, 2.24) is 16.0 Å². The first-order chi connectivity index (χ1) is 15.1. The van der Waals surface area contributed by atoms with Gasteiger partial charge in [0, 0.05) is 44.9 Å². The number of guanidine groups is 1. The van der Waals surface area contributed by atoms with Gasteiger partial charge in [0.05, 0.1) is 7.11 Å². The predicted octanol–water partition coefficient (Wildman–Crippen LogP) is 3.30. The summed E-state index contributed by atoms with van der Waals surface area (Å²) in [6.07, 6.45) is 2.87. The third kappa shape index (κ3) is 6.97. The Bertz CT molecular complexity index is 802. The second kappa shape index (κ2) is 11.7. The van der Waals surface area contributed by atoms with Gasteiger partial charge in [-0.1, -0.05) is 42.5 Å².